The Morgan fingerprint density at radius 2 is 2.29 bits per heavy atom. The summed E-state index contributed by atoms with van der Waals surface area (Å²) >= 11 is 3.11. The molecule has 1 heterocycles. The molecule has 0 spiro atoms. The molecular formula is C10H11BrFNO. The molecule has 0 saturated carbocycles. The average Bonchev–Trinajstić information content (AvgIpc) is 2.64. The molecule has 0 aromatic heterocycles. The second-order valence-electron chi connectivity index (χ2n) is 3.47. The lowest BCUT2D eigenvalue weighted by Crippen LogP contribution is -2.13. The van der Waals surface area contributed by atoms with Crippen molar-refractivity contribution in [2.75, 3.05) is 6.54 Å². The molecule has 1 fully saturated rings. The lowest BCUT2D eigenvalue weighted by Gasteiger charge is -2.13. The van der Waals surface area contributed by atoms with Crippen molar-refractivity contribution >= 4 is 15.9 Å². The molecule has 4 heteroatoms. The van der Waals surface area contributed by atoms with Gasteiger partial charge in [-0.1, -0.05) is 0 Å². The molecule has 14 heavy (non-hydrogen) atoms. The maximum atomic E-state index is 13.0. The molecule has 0 amide bonds. The van der Waals surface area contributed by atoms with Crippen LogP contribution in [-0.4, -0.2) is 11.7 Å². The van der Waals surface area contributed by atoms with E-state index in [2.05, 4.69) is 21.2 Å². The zero-order valence-electron chi connectivity index (χ0n) is 7.56. The van der Waals surface area contributed by atoms with Gasteiger partial charge in [0, 0.05) is 17.7 Å². The highest BCUT2D eigenvalue weighted by molar-refractivity contribution is 9.10. The first-order chi connectivity index (χ1) is 6.68. The number of phenolic OH excluding ortho intramolecular Hbond substituents is 1. The minimum atomic E-state index is -0.427. The van der Waals surface area contributed by atoms with Crippen LogP contribution in [0.5, 0.6) is 5.75 Å². The van der Waals surface area contributed by atoms with Crippen LogP contribution in [0.4, 0.5) is 4.39 Å². The standard InChI is InChI=1S/C10H11BrFNO/c11-7-4-6(9-2-1-3-13-9)10(14)5-8(7)12/h4-5,9,13-14H,1-3H2/t9-/m1/s1. The molecule has 1 aliphatic heterocycles. The van der Waals surface area contributed by atoms with E-state index in [1.165, 1.54) is 0 Å². The van der Waals surface area contributed by atoms with Crippen molar-refractivity contribution in [1.29, 1.82) is 0 Å². The zero-order valence-corrected chi connectivity index (χ0v) is 9.14. The summed E-state index contributed by atoms with van der Waals surface area (Å²) in [4.78, 5) is 0. The van der Waals surface area contributed by atoms with E-state index in [9.17, 15) is 9.50 Å². The number of aromatic hydroxyl groups is 1. The smallest absolute Gasteiger partial charge is 0.141 e. The molecular weight excluding hydrogens is 249 g/mol. The number of nitrogens with one attached hydrogen (secondary N) is 1. The first kappa shape index (κ1) is 9.93. The molecule has 2 nitrogen and oxygen atoms in total. The monoisotopic (exact) mass is 259 g/mol. The largest absolute Gasteiger partial charge is 0.508 e. The maximum Gasteiger partial charge on any atom is 0.141 e. The minimum Gasteiger partial charge on any atom is -0.508 e. The summed E-state index contributed by atoms with van der Waals surface area (Å²) in [6.45, 7) is 0.957. The molecule has 2 rings (SSSR count). The van der Waals surface area contributed by atoms with E-state index >= 15 is 0 Å². The van der Waals surface area contributed by atoms with Crippen molar-refractivity contribution in [2.45, 2.75) is 18.9 Å². The SMILES string of the molecule is Oc1cc(F)c(Br)cc1[C@H]1CCCN1. The van der Waals surface area contributed by atoms with Gasteiger partial charge in [-0.25, -0.2) is 4.39 Å². The van der Waals surface area contributed by atoms with Gasteiger partial charge >= 0.3 is 0 Å². The van der Waals surface area contributed by atoms with Crippen LogP contribution in [0.25, 0.3) is 0 Å². The minimum absolute atomic E-state index is 0.0325. The zero-order chi connectivity index (χ0) is 10.1. The highest BCUT2D eigenvalue weighted by Crippen LogP contribution is 2.33. The van der Waals surface area contributed by atoms with Gasteiger partial charge in [-0.05, 0) is 41.4 Å². The van der Waals surface area contributed by atoms with Gasteiger partial charge in [0.2, 0.25) is 0 Å². The Kier molecular flexibility index (Phi) is 2.74. The summed E-state index contributed by atoms with van der Waals surface area (Å²) < 4.78 is 13.4. The van der Waals surface area contributed by atoms with Gasteiger partial charge in [-0.2, -0.15) is 0 Å². The molecule has 1 saturated heterocycles. The fourth-order valence-corrected chi connectivity index (χ4v) is 2.14. The Balaban J connectivity index is 2.37. The van der Waals surface area contributed by atoms with Gasteiger partial charge in [-0.15, -0.1) is 0 Å². The summed E-state index contributed by atoms with van der Waals surface area (Å²) in [6.07, 6.45) is 2.09. The molecule has 1 aromatic carbocycles. The van der Waals surface area contributed by atoms with Crippen LogP contribution in [0.15, 0.2) is 16.6 Å². The van der Waals surface area contributed by atoms with Gasteiger partial charge in [0.05, 0.1) is 4.47 Å². The van der Waals surface area contributed by atoms with E-state index in [1.54, 1.807) is 6.07 Å². The fourth-order valence-electron chi connectivity index (χ4n) is 1.78. The van der Waals surface area contributed by atoms with Crippen molar-refractivity contribution in [2.24, 2.45) is 0 Å². The summed E-state index contributed by atoms with van der Waals surface area (Å²) in [5, 5.41) is 12.8. The number of phenols is 1. The lowest BCUT2D eigenvalue weighted by molar-refractivity contribution is 0.450. The Bertz CT molecular complexity index is 350. The van der Waals surface area contributed by atoms with Crippen molar-refractivity contribution in [1.82, 2.24) is 5.32 Å². The van der Waals surface area contributed by atoms with E-state index in [1.807, 2.05) is 0 Å². The number of hydrogen-bond donors (Lipinski definition) is 2. The van der Waals surface area contributed by atoms with Crippen molar-refractivity contribution in [3.05, 3.63) is 28.0 Å². The third kappa shape index (κ3) is 1.77. The van der Waals surface area contributed by atoms with Gasteiger partial charge in [0.1, 0.15) is 11.6 Å². The summed E-state index contributed by atoms with van der Waals surface area (Å²) in [5.41, 5.74) is 0.774. The number of halogens is 2. The third-order valence-electron chi connectivity index (χ3n) is 2.51. The molecule has 76 valence electrons. The summed E-state index contributed by atoms with van der Waals surface area (Å²) in [6, 6.07) is 2.96. The van der Waals surface area contributed by atoms with Gasteiger partial charge in [0.15, 0.2) is 0 Å². The highest BCUT2D eigenvalue weighted by atomic mass is 79.9. The normalized spacial score (nSPS) is 21.4. The predicted molar refractivity (Wildman–Crippen MR) is 55.7 cm³/mol. The fraction of sp³-hybridized carbons (Fsp3) is 0.400. The second kappa shape index (κ2) is 3.87. The number of hydrogen-bond acceptors (Lipinski definition) is 2. The van der Waals surface area contributed by atoms with Crippen LogP contribution in [0, 0.1) is 5.82 Å². The van der Waals surface area contributed by atoms with E-state index in [0.29, 0.717) is 4.47 Å². The highest BCUT2D eigenvalue weighted by Gasteiger charge is 2.20. The maximum absolute atomic E-state index is 13.0. The predicted octanol–water partition coefficient (Wildman–Crippen LogP) is 2.72. The van der Waals surface area contributed by atoms with Crippen molar-refractivity contribution in [3.63, 3.8) is 0 Å². The topological polar surface area (TPSA) is 32.3 Å². The van der Waals surface area contributed by atoms with Crippen molar-refractivity contribution in [3.8, 4) is 5.75 Å². The van der Waals surface area contributed by atoms with E-state index in [0.717, 1.165) is 31.0 Å². The molecule has 0 radical (unpaired) electrons. The van der Waals surface area contributed by atoms with E-state index in [-0.39, 0.29) is 11.8 Å². The van der Waals surface area contributed by atoms with E-state index in [4.69, 9.17) is 0 Å². The van der Waals surface area contributed by atoms with Gasteiger partial charge in [0.25, 0.3) is 0 Å². The Labute approximate surface area is 90.3 Å². The molecule has 1 atom stereocenters. The average molecular weight is 260 g/mol. The van der Waals surface area contributed by atoms with Crippen LogP contribution >= 0.6 is 15.9 Å². The van der Waals surface area contributed by atoms with Crippen LogP contribution in [0.3, 0.4) is 0 Å². The molecule has 0 unspecified atom stereocenters. The third-order valence-corrected chi connectivity index (χ3v) is 3.11. The molecule has 0 aliphatic carbocycles. The summed E-state index contributed by atoms with van der Waals surface area (Å²) in [7, 11) is 0. The second-order valence-corrected chi connectivity index (χ2v) is 4.33. The molecule has 0 bridgehead atoms. The van der Waals surface area contributed by atoms with Gasteiger partial charge < -0.3 is 10.4 Å². The Hall–Kier alpha value is -0.610. The molecule has 2 N–H and O–H groups in total. The number of rotatable bonds is 1. The lowest BCUT2D eigenvalue weighted by atomic mass is 10.0. The molecule has 1 aliphatic rings. The van der Waals surface area contributed by atoms with Crippen LogP contribution in [0.1, 0.15) is 24.4 Å². The van der Waals surface area contributed by atoms with Crippen LogP contribution in [0.2, 0.25) is 0 Å². The Morgan fingerprint density at radius 1 is 1.50 bits per heavy atom. The molecule has 1 aromatic rings. The Morgan fingerprint density at radius 3 is 2.93 bits per heavy atom. The van der Waals surface area contributed by atoms with E-state index < -0.39 is 5.82 Å². The van der Waals surface area contributed by atoms with Gasteiger partial charge in [-0.3, -0.25) is 0 Å². The number of benzene rings is 1. The van der Waals surface area contributed by atoms with Crippen molar-refractivity contribution < 1.29 is 9.50 Å². The first-order valence-electron chi connectivity index (χ1n) is 4.60. The quantitative estimate of drug-likeness (QED) is 0.813. The van der Waals surface area contributed by atoms with Crippen LogP contribution < -0.4 is 5.32 Å². The first-order valence-corrected chi connectivity index (χ1v) is 5.39. The summed E-state index contributed by atoms with van der Waals surface area (Å²) in [5.74, 6) is -0.394. The van der Waals surface area contributed by atoms with Crippen LogP contribution in [-0.2, 0) is 0 Å².